The molecular weight excluding hydrogens is 327 g/mol. The summed E-state index contributed by atoms with van der Waals surface area (Å²) in [4.78, 5) is 24.8. The molecule has 0 radical (unpaired) electrons. The van der Waals surface area contributed by atoms with Crippen molar-refractivity contribution in [3.05, 3.63) is 33.8 Å². The predicted octanol–water partition coefficient (Wildman–Crippen LogP) is 4.11. The molecule has 22 heavy (non-hydrogen) atoms. The fraction of sp³-hybridized carbons (Fsp3) is 0.500. The zero-order valence-corrected chi connectivity index (χ0v) is 14.4. The molecule has 2 rings (SSSR count). The quantitative estimate of drug-likeness (QED) is 0.611. The van der Waals surface area contributed by atoms with E-state index in [9.17, 15) is 9.59 Å². The van der Waals surface area contributed by atoms with E-state index in [2.05, 4.69) is 0 Å². The number of cyclic esters (lactones) is 2. The van der Waals surface area contributed by atoms with E-state index in [0.717, 1.165) is 0 Å². The molecule has 4 nitrogen and oxygen atoms in total. The Morgan fingerprint density at radius 2 is 1.55 bits per heavy atom. The van der Waals surface area contributed by atoms with Crippen LogP contribution in [0.2, 0.25) is 10.0 Å². The van der Waals surface area contributed by atoms with Gasteiger partial charge in [0.05, 0.1) is 0 Å². The number of benzene rings is 1. The first-order valence-corrected chi connectivity index (χ1v) is 7.77. The van der Waals surface area contributed by atoms with Crippen LogP contribution in [0, 0.1) is 5.92 Å². The van der Waals surface area contributed by atoms with Gasteiger partial charge in [-0.3, -0.25) is 9.59 Å². The molecule has 0 N–H and O–H groups in total. The highest BCUT2D eigenvalue weighted by molar-refractivity contribution is 6.34. The second-order valence-corrected chi connectivity index (χ2v) is 6.98. The Balaban J connectivity index is 2.50. The van der Waals surface area contributed by atoms with Gasteiger partial charge < -0.3 is 9.47 Å². The van der Waals surface area contributed by atoms with Crippen LogP contribution in [0.15, 0.2) is 18.2 Å². The lowest BCUT2D eigenvalue weighted by Gasteiger charge is -2.41. The molecule has 1 aromatic rings. The molecule has 1 fully saturated rings. The average Bonchev–Trinajstić information content (AvgIpc) is 2.34. The van der Waals surface area contributed by atoms with Crippen LogP contribution in [-0.4, -0.2) is 17.7 Å². The highest BCUT2D eigenvalue weighted by atomic mass is 35.5. The van der Waals surface area contributed by atoms with Gasteiger partial charge in [-0.2, -0.15) is 0 Å². The summed E-state index contributed by atoms with van der Waals surface area (Å²) in [6.07, 6.45) is 0.513. The largest absolute Gasteiger partial charge is 0.422 e. The number of hydrogen-bond acceptors (Lipinski definition) is 4. The van der Waals surface area contributed by atoms with E-state index in [4.69, 9.17) is 32.7 Å². The first kappa shape index (κ1) is 17.1. The van der Waals surface area contributed by atoms with Gasteiger partial charge in [0.1, 0.15) is 0 Å². The van der Waals surface area contributed by atoms with E-state index in [1.807, 2.05) is 6.92 Å². The molecule has 0 aromatic heterocycles. The van der Waals surface area contributed by atoms with Gasteiger partial charge in [0.25, 0.3) is 5.79 Å². The molecule has 0 bridgehead atoms. The molecular formula is C16H18Cl2O4. The number of hydrogen-bond donors (Lipinski definition) is 0. The van der Waals surface area contributed by atoms with Gasteiger partial charge in [0.2, 0.25) is 0 Å². The van der Waals surface area contributed by atoms with Crippen molar-refractivity contribution in [1.82, 2.24) is 0 Å². The summed E-state index contributed by atoms with van der Waals surface area (Å²) >= 11 is 12.1. The lowest BCUT2D eigenvalue weighted by molar-refractivity contribution is -0.243. The maximum absolute atomic E-state index is 12.4. The third kappa shape index (κ3) is 3.08. The topological polar surface area (TPSA) is 52.6 Å². The maximum atomic E-state index is 12.4. The summed E-state index contributed by atoms with van der Waals surface area (Å²) in [5, 5.41) is 0.889. The van der Waals surface area contributed by atoms with Crippen molar-refractivity contribution in [1.29, 1.82) is 0 Å². The molecule has 0 aliphatic carbocycles. The highest BCUT2D eigenvalue weighted by Gasteiger charge is 2.52. The standard InChI is InChI=1S/C16H18Cl2O4/c1-5-16(4,9-6-10(17)8-11(18)7-9)12-13(19)21-15(2,3)22-14(12)20/h6-8,12H,5H2,1-4H3/t16-/m0/s1. The van der Waals surface area contributed by atoms with Crippen molar-refractivity contribution < 1.29 is 19.1 Å². The fourth-order valence-electron chi connectivity index (χ4n) is 2.70. The number of carbonyl (C=O) groups is 2. The normalized spacial score (nSPS) is 21.0. The van der Waals surface area contributed by atoms with E-state index < -0.39 is 29.1 Å². The highest BCUT2D eigenvalue weighted by Crippen LogP contribution is 2.42. The first-order chi connectivity index (χ1) is 10.1. The number of rotatable bonds is 3. The molecule has 120 valence electrons. The predicted molar refractivity (Wildman–Crippen MR) is 83.9 cm³/mol. The van der Waals surface area contributed by atoms with Crippen molar-refractivity contribution in [2.75, 3.05) is 0 Å². The lowest BCUT2D eigenvalue weighted by Crippen LogP contribution is -2.53. The summed E-state index contributed by atoms with van der Waals surface area (Å²) in [5.74, 6) is -3.49. The van der Waals surface area contributed by atoms with Crippen molar-refractivity contribution in [2.45, 2.75) is 45.3 Å². The molecule has 1 heterocycles. The van der Waals surface area contributed by atoms with Gasteiger partial charge >= 0.3 is 11.9 Å². The second kappa shape index (κ2) is 5.74. The van der Waals surface area contributed by atoms with Gasteiger partial charge in [0.15, 0.2) is 5.92 Å². The average molecular weight is 345 g/mol. The van der Waals surface area contributed by atoms with Crippen LogP contribution in [0.5, 0.6) is 0 Å². The number of halogens is 2. The van der Waals surface area contributed by atoms with E-state index in [1.54, 1.807) is 25.1 Å². The Hall–Kier alpha value is -1.26. The Bertz CT molecular complexity index is 586. The monoisotopic (exact) mass is 344 g/mol. The molecule has 6 heteroatoms. The Labute approximate surface area is 139 Å². The van der Waals surface area contributed by atoms with Gasteiger partial charge in [-0.25, -0.2) is 0 Å². The summed E-state index contributed by atoms with van der Waals surface area (Å²) in [5.41, 5.74) is -0.120. The van der Waals surface area contributed by atoms with Crippen LogP contribution in [-0.2, 0) is 24.5 Å². The third-order valence-corrected chi connectivity index (χ3v) is 4.49. The summed E-state index contributed by atoms with van der Waals surface area (Å²) in [6, 6.07) is 5.01. The van der Waals surface area contributed by atoms with E-state index in [1.165, 1.54) is 13.8 Å². The minimum Gasteiger partial charge on any atom is -0.422 e. The number of esters is 2. The number of ether oxygens (including phenoxy) is 2. The van der Waals surface area contributed by atoms with Crippen molar-refractivity contribution in [3.8, 4) is 0 Å². The van der Waals surface area contributed by atoms with E-state index in [-0.39, 0.29) is 0 Å². The van der Waals surface area contributed by atoms with Crippen LogP contribution >= 0.6 is 23.2 Å². The summed E-state index contributed by atoms with van der Waals surface area (Å²) < 4.78 is 10.5. The number of carbonyl (C=O) groups excluding carboxylic acids is 2. The summed E-state index contributed by atoms with van der Waals surface area (Å²) in [7, 11) is 0. The second-order valence-electron chi connectivity index (χ2n) is 6.10. The molecule has 1 aliphatic heterocycles. The van der Waals surface area contributed by atoms with Crippen LogP contribution in [0.3, 0.4) is 0 Å². The van der Waals surface area contributed by atoms with Crippen molar-refractivity contribution >= 4 is 35.1 Å². The van der Waals surface area contributed by atoms with Crippen molar-refractivity contribution in [2.24, 2.45) is 5.92 Å². The third-order valence-electron chi connectivity index (χ3n) is 4.06. The molecule has 0 spiro atoms. The molecule has 1 aliphatic rings. The Morgan fingerprint density at radius 3 is 1.95 bits per heavy atom. The minimum absolute atomic E-state index is 0.444. The first-order valence-electron chi connectivity index (χ1n) is 7.01. The van der Waals surface area contributed by atoms with Gasteiger partial charge in [-0.15, -0.1) is 0 Å². The van der Waals surface area contributed by atoms with Crippen LogP contribution < -0.4 is 0 Å². The van der Waals surface area contributed by atoms with E-state index in [0.29, 0.717) is 22.0 Å². The molecule has 0 amide bonds. The van der Waals surface area contributed by atoms with Gasteiger partial charge in [-0.1, -0.05) is 37.0 Å². The van der Waals surface area contributed by atoms with Gasteiger partial charge in [-0.05, 0) is 30.2 Å². The Kier molecular flexibility index (Phi) is 4.46. The zero-order chi connectivity index (χ0) is 16.7. The SMILES string of the molecule is CC[C@@](C)(c1cc(Cl)cc(Cl)c1)C1C(=O)OC(C)(C)OC1=O. The summed E-state index contributed by atoms with van der Waals surface area (Å²) in [6.45, 7) is 6.74. The van der Waals surface area contributed by atoms with Crippen LogP contribution in [0.1, 0.15) is 39.7 Å². The Morgan fingerprint density at radius 1 is 1.09 bits per heavy atom. The maximum Gasteiger partial charge on any atom is 0.324 e. The fourth-order valence-corrected chi connectivity index (χ4v) is 3.22. The van der Waals surface area contributed by atoms with Crippen molar-refractivity contribution in [3.63, 3.8) is 0 Å². The molecule has 0 saturated carbocycles. The lowest BCUT2D eigenvalue weighted by atomic mass is 9.69. The zero-order valence-electron chi connectivity index (χ0n) is 12.9. The smallest absolute Gasteiger partial charge is 0.324 e. The minimum atomic E-state index is -1.24. The van der Waals surface area contributed by atoms with Crippen LogP contribution in [0.25, 0.3) is 0 Å². The molecule has 0 unspecified atom stereocenters. The molecule has 1 aromatic carbocycles. The molecule has 1 atom stereocenters. The molecule has 1 saturated heterocycles. The van der Waals surface area contributed by atoms with Gasteiger partial charge in [0, 0.05) is 29.3 Å². The van der Waals surface area contributed by atoms with Crippen LogP contribution in [0.4, 0.5) is 0 Å². The van der Waals surface area contributed by atoms with E-state index >= 15 is 0 Å².